The van der Waals surface area contributed by atoms with Crippen molar-refractivity contribution in [1.82, 2.24) is 60.0 Å². The molecule has 78 heavy (non-hydrogen) atoms. The van der Waals surface area contributed by atoms with Crippen LogP contribution in [0, 0.1) is 39.9 Å². The molecule has 1 saturated carbocycles. The first-order chi connectivity index (χ1) is 36.2. The van der Waals surface area contributed by atoms with Gasteiger partial charge >= 0.3 is 72.6 Å². The van der Waals surface area contributed by atoms with E-state index in [0.717, 1.165) is 32.1 Å². The van der Waals surface area contributed by atoms with Crippen LogP contribution in [0.4, 0.5) is 0 Å². The molecule has 3 aliphatic rings. The van der Waals surface area contributed by atoms with Gasteiger partial charge in [-0.15, -0.1) is 0 Å². The van der Waals surface area contributed by atoms with Crippen LogP contribution in [0.3, 0.4) is 0 Å². The molecular formula is C48H78GdN12O16Y. The molecule has 1 radical (unpaired) electrons. The van der Waals surface area contributed by atoms with Crippen molar-refractivity contribution in [3.05, 3.63) is 0 Å². The number of hydrogen-bond donors (Lipinski definition) is 3. The summed E-state index contributed by atoms with van der Waals surface area (Å²) >= 11 is 0. The Balaban J connectivity index is 0.0000152. The van der Waals surface area contributed by atoms with Gasteiger partial charge in [0.05, 0.1) is 55.5 Å². The summed E-state index contributed by atoms with van der Waals surface area (Å²) in [4.78, 5) is 137. The Labute approximate surface area is 513 Å². The molecule has 0 spiro atoms. The molecule has 0 bridgehead atoms. The van der Waals surface area contributed by atoms with Crippen LogP contribution in [0.25, 0.3) is 0 Å². The fraction of sp³-hybridized carbons (Fsp3) is 0.792. The summed E-state index contributed by atoms with van der Waals surface area (Å²) < 4.78 is 0. The van der Waals surface area contributed by atoms with Gasteiger partial charge in [-0.3, -0.25) is 58.4 Å². The van der Waals surface area contributed by atoms with Crippen LogP contribution in [0.1, 0.15) is 57.8 Å². The monoisotopic (exact) mass is 1330 g/mol. The van der Waals surface area contributed by atoms with Crippen molar-refractivity contribution >= 4 is 59.4 Å². The number of nitrogens with one attached hydrogen (secondary N) is 3. The van der Waals surface area contributed by atoms with Gasteiger partial charge in [-0.25, -0.2) is 0 Å². The molecule has 2 heterocycles. The van der Waals surface area contributed by atoms with Crippen LogP contribution >= 0.6 is 0 Å². The number of aliphatic carboxylic acids is 6. The number of unbranched alkanes of at least 4 members (excludes halogenated alkanes) is 2. The van der Waals surface area contributed by atoms with E-state index in [1.54, 1.807) is 29.4 Å². The number of carbonyl (C=O) groups excluding carboxylic acids is 10. The Morgan fingerprint density at radius 2 is 0.679 bits per heavy atom. The second kappa shape index (κ2) is 41.7. The topological polar surface area (TPSA) is 374 Å². The predicted molar refractivity (Wildman–Crippen MR) is 258 cm³/mol. The second-order valence-electron chi connectivity index (χ2n) is 19.7. The first-order valence-corrected chi connectivity index (χ1v) is 26.3. The molecule has 3 N–H and O–H groups in total. The average Bonchev–Trinajstić information content (AvgIpc) is 3.33. The van der Waals surface area contributed by atoms with Crippen LogP contribution in [0.2, 0.25) is 0 Å². The largest absolute Gasteiger partial charge is 3.00 e. The van der Waals surface area contributed by atoms with E-state index in [1.807, 2.05) is 0 Å². The third-order valence-corrected chi connectivity index (χ3v) is 13.5. The van der Waals surface area contributed by atoms with Gasteiger partial charge in [0.15, 0.2) is 0 Å². The Kier molecular flexibility index (Phi) is 39.0. The number of nitrogens with zero attached hydrogens (tertiary/aromatic N) is 9. The molecule has 0 aromatic carbocycles. The zero-order valence-corrected chi connectivity index (χ0v) is 49.8. The SMILES string of the molecule is O=C([O-])CN1CCN(CC(=O)[O-])CCN(CC(=O)NCCCCCC(=O)N(CCNC(=O)CN2CCN(CC(=O)[O-])CCN(CC(=O)[O-])CCN(CC(=O)[O-])CC2)CC(=O)NC2CCCCC2)CCN(CC(=O)[O-])CC1.[Gd+3].[Y+3]. The van der Waals surface area contributed by atoms with Crippen molar-refractivity contribution in [2.75, 3.05) is 183 Å². The minimum atomic E-state index is -1.34. The van der Waals surface area contributed by atoms with E-state index in [1.165, 1.54) is 14.7 Å². The molecule has 2 saturated heterocycles. The van der Waals surface area contributed by atoms with Crippen LogP contribution in [-0.2, 0) is 80.7 Å². The third-order valence-electron chi connectivity index (χ3n) is 13.5. The summed E-state index contributed by atoms with van der Waals surface area (Å²) in [7, 11) is 0. The molecule has 2 aliphatic heterocycles. The summed E-state index contributed by atoms with van der Waals surface area (Å²) in [5.74, 6) is -9.42. The Morgan fingerprint density at radius 1 is 0.385 bits per heavy atom. The molecule has 0 unspecified atom stereocenters. The van der Waals surface area contributed by atoms with Crippen molar-refractivity contribution in [3.63, 3.8) is 0 Å². The molecule has 3 fully saturated rings. The van der Waals surface area contributed by atoms with Gasteiger partial charge in [0.1, 0.15) is 0 Å². The van der Waals surface area contributed by atoms with Gasteiger partial charge in [0.25, 0.3) is 0 Å². The van der Waals surface area contributed by atoms with Crippen LogP contribution in [-0.4, -0.2) is 293 Å². The molecule has 0 aromatic rings. The van der Waals surface area contributed by atoms with Gasteiger partial charge < -0.3 is 80.3 Å². The van der Waals surface area contributed by atoms with Crippen LogP contribution in [0.15, 0.2) is 0 Å². The van der Waals surface area contributed by atoms with Crippen molar-refractivity contribution < 1.29 is 151 Å². The average molecular weight is 1330 g/mol. The van der Waals surface area contributed by atoms with Crippen molar-refractivity contribution in [2.45, 2.75) is 63.8 Å². The summed E-state index contributed by atoms with van der Waals surface area (Å²) in [5, 5.41) is 77.6. The standard InChI is InChI=1S/C48H84N12O16.Gd.Y/c61-39(29-52-13-17-54(32-43(65)66)21-25-58(36-47(73)74)26-22-55(18-14-52)33-44(67)68)49-10-6-2-5-9-42(64)60(31-41(63)51-38-7-3-1-4-8-38)12-11-50-40(62)30-53-15-19-56(34-45(69)70)23-27-59(37-48(75)76)28-24-57(20-16-53)35-46(71)72;;/h38H,1-37H2,(H,49,61)(H,50,62)(H,51,63)(H,65,66)(H,67,68)(H,69,70)(H,71,72)(H,73,74)(H,75,76);;/q;2*+3/p-6. The number of carbonyl (C=O) groups is 10. The van der Waals surface area contributed by atoms with E-state index in [9.17, 15) is 78.6 Å². The number of rotatable bonds is 28. The maximum Gasteiger partial charge on any atom is 3.00 e. The number of carboxylic acid groups (broad SMARTS) is 6. The molecular weight excluding hydrogens is 1250 g/mol. The molecule has 0 aromatic heterocycles. The maximum absolute atomic E-state index is 13.7. The minimum Gasteiger partial charge on any atom is -0.549 e. The summed E-state index contributed by atoms with van der Waals surface area (Å²) in [6.07, 6.45) is 6.25. The fourth-order valence-corrected chi connectivity index (χ4v) is 9.32. The van der Waals surface area contributed by atoms with Gasteiger partial charge in [-0.05, 0) is 25.7 Å². The van der Waals surface area contributed by atoms with Gasteiger partial charge in [0, 0.05) is 176 Å². The number of carboxylic acids is 6. The molecule has 0 atom stereocenters. The molecule has 4 amide bonds. The van der Waals surface area contributed by atoms with E-state index in [2.05, 4.69) is 16.0 Å². The molecule has 437 valence electrons. The third kappa shape index (κ3) is 34.8. The summed E-state index contributed by atoms with van der Waals surface area (Å²) in [6.45, 7) is -0.0154. The number of amides is 4. The van der Waals surface area contributed by atoms with Crippen molar-refractivity contribution in [3.8, 4) is 0 Å². The zero-order chi connectivity index (χ0) is 55.8. The van der Waals surface area contributed by atoms with Crippen LogP contribution in [0.5, 0.6) is 0 Å². The fourth-order valence-electron chi connectivity index (χ4n) is 9.32. The Hall–Kier alpha value is -3.19. The quantitative estimate of drug-likeness (QED) is 0.0612. The van der Waals surface area contributed by atoms with E-state index < -0.39 is 81.0 Å². The van der Waals surface area contributed by atoms with Gasteiger partial charge in [-0.2, -0.15) is 0 Å². The van der Waals surface area contributed by atoms with Crippen molar-refractivity contribution in [1.29, 1.82) is 0 Å². The first kappa shape index (κ1) is 72.8. The molecule has 3 rings (SSSR count). The van der Waals surface area contributed by atoms with Crippen LogP contribution < -0.4 is 46.6 Å². The van der Waals surface area contributed by atoms with E-state index in [4.69, 9.17) is 0 Å². The zero-order valence-electron chi connectivity index (χ0n) is 44.7. The minimum absolute atomic E-state index is 0. The number of hydrogen-bond acceptors (Lipinski definition) is 24. The summed E-state index contributed by atoms with van der Waals surface area (Å²) in [6, 6.07) is -0.00338. The maximum atomic E-state index is 13.7. The molecule has 1 aliphatic carbocycles. The second-order valence-corrected chi connectivity index (χ2v) is 19.7. The van der Waals surface area contributed by atoms with Gasteiger partial charge in [0.2, 0.25) is 23.6 Å². The van der Waals surface area contributed by atoms with E-state index in [-0.39, 0.29) is 247 Å². The van der Waals surface area contributed by atoms with Gasteiger partial charge in [-0.1, -0.05) is 25.7 Å². The first-order valence-electron chi connectivity index (χ1n) is 26.3. The smallest absolute Gasteiger partial charge is 0.549 e. The normalized spacial score (nSPS) is 18.4. The van der Waals surface area contributed by atoms with E-state index in [0.29, 0.717) is 19.3 Å². The predicted octanol–water partition coefficient (Wildman–Crippen LogP) is -12.0. The summed E-state index contributed by atoms with van der Waals surface area (Å²) in [5.41, 5.74) is 0. The molecule has 30 heteroatoms. The Bertz CT molecular complexity index is 1830. The Morgan fingerprint density at radius 3 is 0.987 bits per heavy atom. The molecule has 28 nitrogen and oxygen atoms in total. The van der Waals surface area contributed by atoms with E-state index >= 15 is 0 Å². The van der Waals surface area contributed by atoms with Crippen molar-refractivity contribution in [2.24, 2.45) is 0 Å².